The summed E-state index contributed by atoms with van der Waals surface area (Å²) in [7, 11) is 0. The first-order valence-corrected chi connectivity index (χ1v) is 11.2. The predicted molar refractivity (Wildman–Crippen MR) is 122 cm³/mol. The van der Waals surface area contributed by atoms with Crippen LogP contribution in [0.2, 0.25) is 0 Å². The van der Waals surface area contributed by atoms with E-state index in [0.29, 0.717) is 12.4 Å². The number of aryl methyl sites for hydroxylation is 1. The zero-order chi connectivity index (χ0) is 21.9. The van der Waals surface area contributed by atoms with Crippen LogP contribution in [-0.2, 0) is 4.79 Å². The summed E-state index contributed by atoms with van der Waals surface area (Å²) >= 11 is 0. The largest absolute Gasteiger partial charge is 0.368 e. The third-order valence-corrected chi connectivity index (χ3v) is 6.34. The zero-order valence-corrected chi connectivity index (χ0v) is 18.3. The molecule has 1 atom stereocenters. The van der Waals surface area contributed by atoms with E-state index in [2.05, 4.69) is 61.3 Å². The van der Waals surface area contributed by atoms with E-state index in [0.717, 1.165) is 51.4 Å². The lowest BCUT2D eigenvalue weighted by Crippen LogP contribution is -2.52. The van der Waals surface area contributed by atoms with Crippen LogP contribution in [0.5, 0.6) is 0 Å². The van der Waals surface area contributed by atoms with Crippen LogP contribution in [0.1, 0.15) is 18.4 Å². The first-order valence-electron chi connectivity index (χ1n) is 11.2. The minimum Gasteiger partial charge on any atom is -0.368 e. The van der Waals surface area contributed by atoms with Gasteiger partial charge < -0.3 is 14.7 Å². The lowest BCUT2D eigenvalue weighted by Gasteiger charge is -2.40. The minimum atomic E-state index is 0.00561. The maximum atomic E-state index is 13.3. The second-order valence-electron chi connectivity index (χ2n) is 8.53. The van der Waals surface area contributed by atoms with Crippen LogP contribution in [0, 0.1) is 12.8 Å². The van der Waals surface area contributed by atoms with Crippen molar-refractivity contribution in [2.45, 2.75) is 19.8 Å². The smallest absolute Gasteiger partial charge is 0.227 e. The van der Waals surface area contributed by atoms with E-state index in [1.54, 1.807) is 11.0 Å². The third-order valence-electron chi connectivity index (χ3n) is 6.34. The fraction of sp³-hybridized carbons (Fsp3) is 0.435. The van der Waals surface area contributed by atoms with Gasteiger partial charge in [-0.15, -0.1) is 10.2 Å². The van der Waals surface area contributed by atoms with Crippen LogP contribution in [0.25, 0.3) is 5.82 Å². The van der Waals surface area contributed by atoms with Gasteiger partial charge in [0, 0.05) is 45.0 Å². The number of anilines is 2. The maximum absolute atomic E-state index is 13.3. The van der Waals surface area contributed by atoms with Crippen LogP contribution in [0.15, 0.2) is 49.1 Å². The molecule has 2 aliphatic rings. The van der Waals surface area contributed by atoms with Gasteiger partial charge in [0.05, 0.1) is 5.92 Å². The minimum absolute atomic E-state index is 0.00561. The molecule has 32 heavy (non-hydrogen) atoms. The molecule has 2 aliphatic heterocycles. The van der Waals surface area contributed by atoms with Crippen molar-refractivity contribution in [3.8, 4) is 5.82 Å². The summed E-state index contributed by atoms with van der Waals surface area (Å²) in [4.78, 5) is 23.8. The zero-order valence-electron chi connectivity index (χ0n) is 18.3. The molecule has 0 aliphatic carbocycles. The Labute approximate surface area is 187 Å². The highest BCUT2D eigenvalue weighted by molar-refractivity contribution is 5.80. The molecule has 0 N–H and O–H groups in total. The number of piperidine rings is 1. The van der Waals surface area contributed by atoms with Crippen molar-refractivity contribution in [1.29, 1.82) is 0 Å². The Hall–Kier alpha value is -3.49. The summed E-state index contributed by atoms with van der Waals surface area (Å²) < 4.78 is 1.58. The number of aromatic nitrogens is 5. The summed E-state index contributed by atoms with van der Waals surface area (Å²) in [5.41, 5.74) is 2.51. The number of hydrogen-bond acceptors (Lipinski definition) is 7. The maximum Gasteiger partial charge on any atom is 0.227 e. The van der Waals surface area contributed by atoms with E-state index in [4.69, 9.17) is 0 Å². The Morgan fingerprint density at radius 3 is 2.50 bits per heavy atom. The van der Waals surface area contributed by atoms with Gasteiger partial charge in [-0.25, -0.2) is 9.67 Å². The van der Waals surface area contributed by atoms with E-state index in [1.807, 2.05) is 17.0 Å². The predicted octanol–water partition coefficient (Wildman–Crippen LogP) is 1.93. The molecule has 166 valence electrons. The highest BCUT2D eigenvalue weighted by Crippen LogP contribution is 2.24. The summed E-state index contributed by atoms with van der Waals surface area (Å²) in [5.74, 6) is 1.70. The molecule has 2 saturated heterocycles. The molecule has 4 heterocycles. The molecule has 0 spiro atoms. The number of nitrogens with zero attached hydrogens (tertiary/aromatic N) is 8. The summed E-state index contributed by atoms with van der Waals surface area (Å²) in [6, 6.07) is 12.4. The monoisotopic (exact) mass is 432 g/mol. The Kier molecular flexibility index (Phi) is 5.70. The average Bonchev–Trinajstić information content (AvgIpc) is 3.39. The van der Waals surface area contributed by atoms with Crippen LogP contribution in [0.3, 0.4) is 0 Å². The van der Waals surface area contributed by atoms with Crippen molar-refractivity contribution < 1.29 is 4.79 Å². The van der Waals surface area contributed by atoms with E-state index in [-0.39, 0.29) is 11.8 Å². The number of benzene rings is 1. The summed E-state index contributed by atoms with van der Waals surface area (Å²) in [5, 5.41) is 12.7. The molecular formula is C23H28N8O. The molecule has 9 heteroatoms. The first-order chi connectivity index (χ1) is 15.7. The van der Waals surface area contributed by atoms with Crippen molar-refractivity contribution in [3.05, 3.63) is 54.6 Å². The van der Waals surface area contributed by atoms with Gasteiger partial charge in [-0.2, -0.15) is 5.10 Å². The van der Waals surface area contributed by atoms with Crippen molar-refractivity contribution in [2.24, 2.45) is 5.92 Å². The molecule has 0 radical (unpaired) electrons. The van der Waals surface area contributed by atoms with Gasteiger partial charge in [-0.3, -0.25) is 4.79 Å². The molecule has 0 saturated carbocycles. The Bertz CT molecular complexity index is 1040. The molecule has 2 aromatic heterocycles. The molecule has 5 rings (SSSR count). The number of piperazine rings is 1. The lowest BCUT2D eigenvalue weighted by molar-refractivity contribution is -0.136. The Morgan fingerprint density at radius 1 is 0.969 bits per heavy atom. The van der Waals surface area contributed by atoms with Gasteiger partial charge in [-0.1, -0.05) is 12.1 Å². The quantitative estimate of drug-likeness (QED) is 0.623. The standard InChI is InChI=1S/C23H28N8O/c1-18-4-2-6-20(14-18)28-10-12-29(13-11-28)23(32)19-5-3-9-30(15-19)21-7-8-22(27-26-21)31-17-24-16-25-31/h2,4,6-8,14,16-17,19H,3,5,9-13,15H2,1H3. The van der Waals surface area contributed by atoms with Crippen LogP contribution in [-0.4, -0.2) is 75.0 Å². The highest BCUT2D eigenvalue weighted by Gasteiger charge is 2.31. The van der Waals surface area contributed by atoms with Gasteiger partial charge in [0.1, 0.15) is 12.7 Å². The number of rotatable bonds is 4. The van der Waals surface area contributed by atoms with E-state index in [1.165, 1.54) is 17.6 Å². The third kappa shape index (κ3) is 4.28. The molecule has 9 nitrogen and oxygen atoms in total. The molecule has 2 fully saturated rings. The van der Waals surface area contributed by atoms with Gasteiger partial charge in [0.15, 0.2) is 11.6 Å². The van der Waals surface area contributed by atoms with E-state index >= 15 is 0 Å². The SMILES string of the molecule is Cc1cccc(N2CCN(C(=O)C3CCCN(c4ccc(-n5cncn5)nn4)C3)CC2)c1. The molecular weight excluding hydrogens is 404 g/mol. The molecule has 1 aromatic carbocycles. The number of amides is 1. The topological polar surface area (TPSA) is 83.3 Å². The van der Waals surface area contributed by atoms with Crippen molar-refractivity contribution in [3.63, 3.8) is 0 Å². The normalized spacial score (nSPS) is 19.3. The molecule has 1 amide bonds. The molecule has 1 unspecified atom stereocenters. The van der Waals surface area contributed by atoms with Crippen LogP contribution in [0.4, 0.5) is 11.5 Å². The number of carbonyl (C=O) groups is 1. The first kappa shape index (κ1) is 20.4. The van der Waals surface area contributed by atoms with Gasteiger partial charge in [-0.05, 0) is 49.6 Å². The van der Waals surface area contributed by atoms with E-state index < -0.39 is 0 Å². The van der Waals surface area contributed by atoms with Gasteiger partial charge >= 0.3 is 0 Å². The van der Waals surface area contributed by atoms with Crippen molar-refractivity contribution >= 4 is 17.4 Å². The van der Waals surface area contributed by atoms with Gasteiger partial charge in [0.2, 0.25) is 5.91 Å². The summed E-state index contributed by atoms with van der Waals surface area (Å²) in [6.45, 7) is 6.99. The highest BCUT2D eigenvalue weighted by atomic mass is 16.2. The van der Waals surface area contributed by atoms with Gasteiger partial charge in [0.25, 0.3) is 0 Å². The summed E-state index contributed by atoms with van der Waals surface area (Å²) in [6.07, 6.45) is 4.97. The number of carbonyl (C=O) groups excluding carboxylic acids is 1. The van der Waals surface area contributed by atoms with Crippen LogP contribution < -0.4 is 9.80 Å². The lowest BCUT2D eigenvalue weighted by atomic mass is 9.96. The number of hydrogen-bond donors (Lipinski definition) is 0. The van der Waals surface area contributed by atoms with Crippen molar-refractivity contribution in [2.75, 3.05) is 49.1 Å². The van der Waals surface area contributed by atoms with Crippen LogP contribution >= 0.6 is 0 Å². The van der Waals surface area contributed by atoms with E-state index in [9.17, 15) is 4.79 Å². The fourth-order valence-corrected chi connectivity index (χ4v) is 4.59. The Balaban J connectivity index is 1.19. The molecule has 0 bridgehead atoms. The second-order valence-corrected chi connectivity index (χ2v) is 8.53. The van der Waals surface area contributed by atoms with Crippen molar-refractivity contribution in [1.82, 2.24) is 29.9 Å². The molecule has 3 aromatic rings. The fourth-order valence-electron chi connectivity index (χ4n) is 4.59. The average molecular weight is 433 g/mol. The Morgan fingerprint density at radius 2 is 1.78 bits per heavy atom. The second kappa shape index (κ2) is 8.94.